The standard InChI is InChI=1S/C12H11NO3S/c1-8-2-4-9(5-3-8)12(16)17-13-10(14)6-7-11(13)15/h2-5H,6-7H2,1H3. The molecule has 0 saturated carbocycles. The summed E-state index contributed by atoms with van der Waals surface area (Å²) in [5, 5.41) is -0.284. The Hall–Kier alpha value is -1.62. The molecule has 2 amide bonds. The monoisotopic (exact) mass is 249 g/mol. The van der Waals surface area contributed by atoms with Crippen LogP contribution in [0.2, 0.25) is 0 Å². The van der Waals surface area contributed by atoms with Crippen molar-refractivity contribution in [3.63, 3.8) is 0 Å². The molecule has 0 spiro atoms. The lowest BCUT2D eigenvalue weighted by Crippen LogP contribution is -2.23. The second-order valence-corrected chi connectivity index (χ2v) is 4.75. The van der Waals surface area contributed by atoms with Crippen molar-refractivity contribution >= 4 is 28.9 Å². The van der Waals surface area contributed by atoms with Gasteiger partial charge >= 0.3 is 0 Å². The zero-order valence-corrected chi connectivity index (χ0v) is 10.1. The Morgan fingerprint density at radius 2 is 1.65 bits per heavy atom. The van der Waals surface area contributed by atoms with Crippen LogP contribution in [0.25, 0.3) is 0 Å². The van der Waals surface area contributed by atoms with Gasteiger partial charge in [-0.05, 0) is 6.92 Å². The van der Waals surface area contributed by atoms with E-state index in [2.05, 4.69) is 0 Å². The van der Waals surface area contributed by atoms with Gasteiger partial charge in [0.2, 0.25) is 16.9 Å². The molecule has 1 aliphatic heterocycles. The summed E-state index contributed by atoms with van der Waals surface area (Å²) >= 11 is 0.678. The van der Waals surface area contributed by atoms with Crippen LogP contribution in [0.3, 0.4) is 0 Å². The molecular formula is C12H11NO3S. The van der Waals surface area contributed by atoms with Crippen LogP contribution in [0.4, 0.5) is 0 Å². The third kappa shape index (κ3) is 2.55. The average molecular weight is 249 g/mol. The number of carbonyl (C=O) groups is 3. The van der Waals surface area contributed by atoms with E-state index < -0.39 is 0 Å². The largest absolute Gasteiger partial charge is 0.280 e. The maximum Gasteiger partial charge on any atom is 0.240 e. The summed E-state index contributed by atoms with van der Waals surface area (Å²) in [4.78, 5) is 34.5. The van der Waals surface area contributed by atoms with Gasteiger partial charge in [0.25, 0.3) is 0 Å². The molecule has 1 aliphatic rings. The smallest absolute Gasteiger partial charge is 0.240 e. The van der Waals surface area contributed by atoms with Gasteiger partial charge in [0, 0.05) is 30.4 Å². The Morgan fingerprint density at radius 3 is 2.18 bits per heavy atom. The number of rotatable bonds is 2. The molecule has 5 heteroatoms. The van der Waals surface area contributed by atoms with Crippen molar-refractivity contribution in [2.24, 2.45) is 0 Å². The highest BCUT2D eigenvalue weighted by atomic mass is 32.2. The van der Waals surface area contributed by atoms with Gasteiger partial charge in [-0.15, -0.1) is 0 Å². The quantitative estimate of drug-likeness (QED) is 0.593. The Balaban J connectivity index is 2.09. The predicted molar refractivity (Wildman–Crippen MR) is 64.2 cm³/mol. The van der Waals surface area contributed by atoms with Crippen LogP contribution in [0.15, 0.2) is 24.3 Å². The lowest BCUT2D eigenvalue weighted by molar-refractivity contribution is -0.131. The molecule has 1 aromatic carbocycles. The van der Waals surface area contributed by atoms with Crippen LogP contribution in [0, 0.1) is 6.92 Å². The summed E-state index contributed by atoms with van der Waals surface area (Å²) in [5.74, 6) is -0.582. The molecule has 0 N–H and O–H groups in total. The van der Waals surface area contributed by atoms with Crippen molar-refractivity contribution < 1.29 is 14.4 Å². The fourth-order valence-electron chi connectivity index (χ4n) is 1.48. The first kappa shape index (κ1) is 11.9. The van der Waals surface area contributed by atoms with Crippen LogP contribution >= 0.6 is 11.9 Å². The van der Waals surface area contributed by atoms with Gasteiger partial charge in [0.15, 0.2) is 0 Å². The Kier molecular flexibility index (Phi) is 3.28. The molecule has 88 valence electrons. The van der Waals surface area contributed by atoms with E-state index >= 15 is 0 Å². The van der Waals surface area contributed by atoms with E-state index in [0.29, 0.717) is 17.5 Å². The summed E-state index contributed by atoms with van der Waals surface area (Å²) < 4.78 is 0.961. The maximum absolute atomic E-state index is 11.8. The Labute approximate surface area is 103 Å². The van der Waals surface area contributed by atoms with Crippen molar-refractivity contribution in [1.29, 1.82) is 0 Å². The molecule has 0 radical (unpaired) electrons. The molecule has 1 saturated heterocycles. The SMILES string of the molecule is Cc1ccc(C(=O)SN2C(=O)CCC2=O)cc1. The van der Waals surface area contributed by atoms with Crippen LogP contribution in [0.1, 0.15) is 28.8 Å². The lowest BCUT2D eigenvalue weighted by atomic mass is 10.2. The molecule has 0 bridgehead atoms. The molecule has 17 heavy (non-hydrogen) atoms. The molecule has 2 rings (SSSR count). The minimum absolute atomic E-state index is 0.201. The summed E-state index contributed by atoms with van der Waals surface area (Å²) in [6.07, 6.45) is 0.403. The molecule has 1 fully saturated rings. The molecule has 1 aromatic rings. The maximum atomic E-state index is 11.8. The molecule has 0 unspecified atom stereocenters. The highest BCUT2D eigenvalue weighted by Crippen LogP contribution is 2.24. The topological polar surface area (TPSA) is 54.5 Å². The third-order valence-electron chi connectivity index (χ3n) is 2.47. The van der Waals surface area contributed by atoms with Gasteiger partial charge in [-0.3, -0.25) is 14.4 Å². The molecule has 1 heterocycles. The number of hydrogen-bond donors (Lipinski definition) is 0. The fraction of sp³-hybridized carbons (Fsp3) is 0.250. The van der Waals surface area contributed by atoms with Crippen LogP contribution < -0.4 is 0 Å². The van der Waals surface area contributed by atoms with E-state index in [-0.39, 0.29) is 29.8 Å². The summed E-state index contributed by atoms with van der Waals surface area (Å²) in [7, 11) is 0. The average Bonchev–Trinajstić information content (AvgIpc) is 2.61. The highest BCUT2D eigenvalue weighted by Gasteiger charge is 2.31. The molecule has 4 nitrogen and oxygen atoms in total. The van der Waals surface area contributed by atoms with Gasteiger partial charge in [0.05, 0.1) is 0 Å². The third-order valence-corrected chi connectivity index (χ3v) is 3.46. The fourth-order valence-corrected chi connectivity index (χ4v) is 2.28. The molecule has 0 atom stereocenters. The summed E-state index contributed by atoms with van der Waals surface area (Å²) in [6, 6.07) is 7.02. The number of carbonyl (C=O) groups excluding carboxylic acids is 3. The van der Waals surface area contributed by atoms with E-state index in [9.17, 15) is 14.4 Å². The highest BCUT2D eigenvalue weighted by molar-refractivity contribution is 8.13. The zero-order chi connectivity index (χ0) is 12.4. The summed E-state index contributed by atoms with van der Waals surface area (Å²) in [6.45, 7) is 1.93. The number of aryl methyl sites for hydroxylation is 1. The predicted octanol–water partition coefficient (Wildman–Crippen LogP) is 1.93. The minimum Gasteiger partial charge on any atom is -0.280 e. The first-order valence-corrected chi connectivity index (χ1v) is 6.00. The van der Waals surface area contributed by atoms with Crippen molar-refractivity contribution in [2.75, 3.05) is 0 Å². The lowest BCUT2D eigenvalue weighted by Gasteiger charge is -2.10. The van der Waals surface area contributed by atoms with Gasteiger partial charge < -0.3 is 0 Å². The number of hydrogen-bond acceptors (Lipinski definition) is 4. The van der Waals surface area contributed by atoms with Crippen LogP contribution in [-0.4, -0.2) is 21.2 Å². The van der Waals surface area contributed by atoms with E-state index in [0.717, 1.165) is 9.87 Å². The first-order chi connectivity index (χ1) is 8.08. The van der Waals surface area contributed by atoms with Crippen molar-refractivity contribution in [2.45, 2.75) is 19.8 Å². The molecule has 0 aromatic heterocycles. The van der Waals surface area contributed by atoms with E-state index in [4.69, 9.17) is 0 Å². The molecular weight excluding hydrogens is 238 g/mol. The van der Waals surface area contributed by atoms with Crippen molar-refractivity contribution in [3.8, 4) is 0 Å². The van der Waals surface area contributed by atoms with E-state index in [1.54, 1.807) is 12.1 Å². The van der Waals surface area contributed by atoms with Crippen molar-refractivity contribution in [3.05, 3.63) is 35.4 Å². The van der Waals surface area contributed by atoms with Gasteiger partial charge in [-0.25, -0.2) is 4.31 Å². The van der Waals surface area contributed by atoms with Gasteiger partial charge in [-0.2, -0.15) is 0 Å². The van der Waals surface area contributed by atoms with E-state index in [1.807, 2.05) is 19.1 Å². The van der Waals surface area contributed by atoms with Crippen molar-refractivity contribution in [1.82, 2.24) is 4.31 Å². The second kappa shape index (κ2) is 4.71. The molecule has 0 aliphatic carbocycles. The van der Waals surface area contributed by atoms with Gasteiger partial charge in [0.1, 0.15) is 0 Å². The summed E-state index contributed by atoms with van der Waals surface area (Å²) in [5.41, 5.74) is 1.55. The van der Waals surface area contributed by atoms with E-state index in [1.165, 1.54) is 0 Å². The zero-order valence-electron chi connectivity index (χ0n) is 9.30. The second-order valence-electron chi connectivity index (χ2n) is 3.83. The first-order valence-electron chi connectivity index (χ1n) is 5.22. The Bertz CT molecular complexity index is 465. The normalized spacial score (nSPS) is 15.5. The number of amides is 2. The van der Waals surface area contributed by atoms with Crippen LogP contribution in [-0.2, 0) is 9.59 Å². The number of benzene rings is 1. The van der Waals surface area contributed by atoms with Gasteiger partial charge in [-0.1, -0.05) is 29.8 Å². The Morgan fingerprint density at radius 1 is 1.12 bits per heavy atom. The van der Waals surface area contributed by atoms with Crippen LogP contribution in [0.5, 0.6) is 0 Å². The minimum atomic E-state index is -0.291. The number of nitrogens with zero attached hydrogens (tertiary/aromatic N) is 1. The number of imide groups is 1.